The van der Waals surface area contributed by atoms with Gasteiger partial charge in [-0.2, -0.15) is 5.10 Å². The lowest BCUT2D eigenvalue weighted by atomic mass is 9.91. The van der Waals surface area contributed by atoms with Crippen LogP contribution in [0.1, 0.15) is 37.4 Å². The third kappa shape index (κ3) is 3.34. The molecule has 0 amide bonds. The van der Waals surface area contributed by atoms with E-state index in [9.17, 15) is 9.59 Å². The van der Waals surface area contributed by atoms with Gasteiger partial charge in [0.15, 0.2) is 0 Å². The topological polar surface area (TPSA) is 94.7 Å². The highest BCUT2D eigenvalue weighted by Gasteiger charge is 2.24. The van der Waals surface area contributed by atoms with Crippen molar-refractivity contribution in [2.24, 2.45) is 7.05 Å². The van der Waals surface area contributed by atoms with Crippen LogP contribution in [-0.4, -0.2) is 30.4 Å². The van der Waals surface area contributed by atoms with Crippen molar-refractivity contribution in [2.75, 3.05) is 5.32 Å². The molecule has 0 radical (unpaired) electrons. The van der Waals surface area contributed by atoms with Gasteiger partial charge in [-0.05, 0) is 44.7 Å². The molecular weight excluding hydrogens is 344 g/mol. The summed E-state index contributed by atoms with van der Waals surface area (Å²) in [5.74, 6) is 0.551. The van der Waals surface area contributed by atoms with Gasteiger partial charge in [-0.3, -0.25) is 19.1 Å². The fraction of sp³-hybridized carbons (Fsp3) is 0.421. The maximum Gasteiger partial charge on any atom is 0.267 e. The Labute approximate surface area is 155 Å². The summed E-state index contributed by atoms with van der Waals surface area (Å²) in [4.78, 5) is 33.2. The van der Waals surface area contributed by atoms with Crippen molar-refractivity contribution in [3.63, 3.8) is 0 Å². The summed E-state index contributed by atoms with van der Waals surface area (Å²) in [6.07, 6.45) is 6.69. The lowest BCUT2D eigenvalue weighted by Crippen LogP contribution is -2.34. The Morgan fingerprint density at radius 1 is 1.11 bits per heavy atom. The zero-order chi connectivity index (χ0) is 19.0. The molecule has 8 heteroatoms. The fourth-order valence-electron chi connectivity index (χ4n) is 3.68. The third-order valence-electron chi connectivity index (χ3n) is 5.21. The summed E-state index contributed by atoms with van der Waals surface area (Å²) in [5.41, 5.74) is 1.29. The summed E-state index contributed by atoms with van der Waals surface area (Å²) in [6, 6.07) is 5.33. The minimum atomic E-state index is -0.0888. The van der Waals surface area contributed by atoms with E-state index in [2.05, 4.69) is 20.4 Å². The molecule has 0 aromatic carbocycles. The van der Waals surface area contributed by atoms with Crippen molar-refractivity contribution in [2.45, 2.75) is 44.7 Å². The molecule has 8 nitrogen and oxygen atoms in total. The van der Waals surface area contributed by atoms with Crippen LogP contribution in [0.3, 0.4) is 0 Å². The molecule has 1 N–H and O–H groups in total. The van der Waals surface area contributed by atoms with Gasteiger partial charge in [0.1, 0.15) is 0 Å². The quantitative estimate of drug-likeness (QED) is 0.759. The number of rotatable bonds is 3. The largest absolute Gasteiger partial charge is 0.353 e. The van der Waals surface area contributed by atoms with Gasteiger partial charge in [0.2, 0.25) is 5.95 Å². The van der Waals surface area contributed by atoms with Crippen LogP contribution in [0, 0.1) is 6.92 Å². The van der Waals surface area contributed by atoms with E-state index >= 15 is 0 Å². The van der Waals surface area contributed by atoms with E-state index in [0.717, 1.165) is 31.4 Å². The lowest BCUT2D eigenvalue weighted by molar-refractivity contribution is 0.301. The summed E-state index contributed by atoms with van der Waals surface area (Å²) in [6.45, 7) is 1.89. The van der Waals surface area contributed by atoms with Gasteiger partial charge in [-0.1, -0.05) is 0 Å². The molecule has 3 aromatic heterocycles. The number of hydrogen-bond acceptors (Lipinski definition) is 6. The Morgan fingerprint density at radius 3 is 2.67 bits per heavy atom. The molecule has 4 rings (SSSR count). The average molecular weight is 366 g/mol. The van der Waals surface area contributed by atoms with Gasteiger partial charge in [0.25, 0.3) is 11.1 Å². The van der Waals surface area contributed by atoms with Crippen molar-refractivity contribution in [1.29, 1.82) is 0 Å². The number of pyridine rings is 1. The van der Waals surface area contributed by atoms with E-state index in [4.69, 9.17) is 0 Å². The summed E-state index contributed by atoms with van der Waals surface area (Å²) in [7, 11) is 1.72. The predicted molar refractivity (Wildman–Crippen MR) is 103 cm³/mol. The van der Waals surface area contributed by atoms with Crippen molar-refractivity contribution in [3.05, 3.63) is 57.0 Å². The maximum absolute atomic E-state index is 12.5. The van der Waals surface area contributed by atoms with Crippen molar-refractivity contribution in [1.82, 2.24) is 24.3 Å². The number of anilines is 1. The molecule has 0 bridgehead atoms. The first-order valence-electron chi connectivity index (χ1n) is 9.16. The molecule has 1 saturated carbocycles. The van der Waals surface area contributed by atoms with E-state index in [1.54, 1.807) is 46.9 Å². The molecular formula is C19H22N6O2. The van der Waals surface area contributed by atoms with Crippen molar-refractivity contribution < 1.29 is 0 Å². The molecule has 140 valence electrons. The maximum atomic E-state index is 12.5. The van der Waals surface area contributed by atoms with Crippen LogP contribution < -0.4 is 16.4 Å². The number of nitrogens with zero attached hydrogens (tertiary/aromatic N) is 5. The molecule has 0 saturated heterocycles. The second-order valence-corrected chi connectivity index (χ2v) is 7.10. The smallest absolute Gasteiger partial charge is 0.267 e. The second kappa shape index (κ2) is 6.94. The standard InChI is InChI=1S/C19H22N6O2/c1-12-3-8-17(26)25(23-12)14-6-4-13(5-7-14)21-19-22-16-11-20-10-9-15(16)18(27)24(19)2/h3,8-11,13-14H,4-7H2,1-2H3,(H,21,22). The van der Waals surface area contributed by atoms with Crippen LogP contribution in [0.2, 0.25) is 0 Å². The molecule has 3 heterocycles. The normalized spacial score (nSPS) is 19.9. The summed E-state index contributed by atoms with van der Waals surface area (Å²) >= 11 is 0. The predicted octanol–water partition coefficient (Wildman–Crippen LogP) is 1.79. The molecule has 1 aliphatic rings. The Bertz CT molecular complexity index is 1100. The average Bonchev–Trinajstić information content (AvgIpc) is 2.68. The summed E-state index contributed by atoms with van der Waals surface area (Å²) < 4.78 is 3.16. The Balaban J connectivity index is 1.51. The highest BCUT2D eigenvalue weighted by molar-refractivity contribution is 5.77. The van der Waals surface area contributed by atoms with E-state index in [-0.39, 0.29) is 23.2 Å². The zero-order valence-electron chi connectivity index (χ0n) is 15.4. The molecule has 27 heavy (non-hydrogen) atoms. The Kier molecular flexibility index (Phi) is 4.47. The Hall–Kier alpha value is -3.03. The van der Waals surface area contributed by atoms with E-state index in [1.807, 2.05) is 6.92 Å². The van der Waals surface area contributed by atoms with Crippen LogP contribution in [0.4, 0.5) is 5.95 Å². The van der Waals surface area contributed by atoms with Crippen LogP contribution in [0.5, 0.6) is 0 Å². The monoisotopic (exact) mass is 366 g/mol. The Morgan fingerprint density at radius 2 is 1.89 bits per heavy atom. The first kappa shape index (κ1) is 17.4. The molecule has 0 aliphatic heterocycles. The van der Waals surface area contributed by atoms with E-state index in [0.29, 0.717) is 16.9 Å². The van der Waals surface area contributed by atoms with Gasteiger partial charge in [0.05, 0.1) is 28.8 Å². The second-order valence-electron chi connectivity index (χ2n) is 7.10. The minimum absolute atomic E-state index is 0.0527. The lowest BCUT2D eigenvalue weighted by Gasteiger charge is -2.30. The molecule has 1 fully saturated rings. The van der Waals surface area contributed by atoms with Gasteiger partial charge in [-0.15, -0.1) is 0 Å². The van der Waals surface area contributed by atoms with Gasteiger partial charge in [0, 0.05) is 25.4 Å². The third-order valence-corrected chi connectivity index (χ3v) is 5.21. The molecule has 0 spiro atoms. The number of aryl methyl sites for hydroxylation is 1. The van der Waals surface area contributed by atoms with E-state index in [1.165, 1.54) is 0 Å². The first-order chi connectivity index (χ1) is 13.0. The van der Waals surface area contributed by atoms with Crippen molar-refractivity contribution in [3.8, 4) is 0 Å². The van der Waals surface area contributed by atoms with Crippen LogP contribution in [-0.2, 0) is 7.05 Å². The zero-order valence-corrected chi connectivity index (χ0v) is 15.4. The number of fused-ring (bicyclic) bond motifs is 1. The number of aromatic nitrogens is 5. The SMILES string of the molecule is Cc1ccc(=O)n(C2CCC(Nc3nc4cnccc4c(=O)n3C)CC2)n1. The van der Waals surface area contributed by atoms with E-state index < -0.39 is 0 Å². The van der Waals surface area contributed by atoms with Crippen molar-refractivity contribution >= 4 is 16.9 Å². The van der Waals surface area contributed by atoms with Gasteiger partial charge >= 0.3 is 0 Å². The molecule has 0 atom stereocenters. The highest BCUT2D eigenvalue weighted by atomic mass is 16.1. The first-order valence-corrected chi connectivity index (χ1v) is 9.16. The van der Waals surface area contributed by atoms with Crippen LogP contribution in [0.25, 0.3) is 10.9 Å². The fourth-order valence-corrected chi connectivity index (χ4v) is 3.68. The van der Waals surface area contributed by atoms with Gasteiger partial charge in [-0.25, -0.2) is 9.67 Å². The number of hydrogen-bond donors (Lipinski definition) is 1. The molecule has 1 aliphatic carbocycles. The van der Waals surface area contributed by atoms with Crippen LogP contribution >= 0.6 is 0 Å². The highest BCUT2D eigenvalue weighted by Crippen LogP contribution is 2.28. The number of nitrogens with one attached hydrogen (secondary N) is 1. The molecule has 0 unspecified atom stereocenters. The summed E-state index contributed by atoms with van der Waals surface area (Å²) in [5, 5.41) is 8.34. The van der Waals surface area contributed by atoms with Gasteiger partial charge < -0.3 is 5.32 Å². The van der Waals surface area contributed by atoms with Crippen LogP contribution in [0.15, 0.2) is 40.2 Å². The minimum Gasteiger partial charge on any atom is -0.353 e. The molecule has 3 aromatic rings.